The van der Waals surface area contributed by atoms with E-state index >= 15 is 0 Å². The first kappa shape index (κ1) is 11.2. The first-order valence-electron chi connectivity index (χ1n) is 5.15. The third-order valence-electron chi connectivity index (χ3n) is 2.29. The zero-order valence-corrected chi connectivity index (χ0v) is 10.2. The molecule has 0 aliphatic rings. The summed E-state index contributed by atoms with van der Waals surface area (Å²) in [5, 5.41) is 6.40. The van der Waals surface area contributed by atoms with Crippen molar-refractivity contribution in [2.75, 3.05) is 7.05 Å². The Morgan fingerprint density at radius 2 is 2.12 bits per heavy atom. The van der Waals surface area contributed by atoms with E-state index in [-0.39, 0.29) is 6.04 Å². The van der Waals surface area contributed by atoms with E-state index in [0.29, 0.717) is 0 Å². The third-order valence-corrected chi connectivity index (χ3v) is 3.28. The first-order valence-corrected chi connectivity index (χ1v) is 6.02. The molecule has 2 aromatic rings. The number of rotatable bonds is 4. The molecule has 0 aliphatic carbocycles. The fraction of sp³-hybridized carbons (Fsp3) is 0.364. The molecule has 0 amide bonds. The van der Waals surface area contributed by atoms with Gasteiger partial charge in [0.05, 0.1) is 11.0 Å². The highest BCUT2D eigenvalue weighted by Gasteiger charge is 2.14. The van der Waals surface area contributed by atoms with E-state index < -0.39 is 0 Å². The summed E-state index contributed by atoms with van der Waals surface area (Å²) >= 11 is 1.68. The number of hydrogen-bond acceptors (Lipinski definition) is 5. The summed E-state index contributed by atoms with van der Waals surface area (Å²) in [6, 6.07) is 1.95. The molecule has 1 N–H and O–H groups in total. The Bertz CT molecular complexity index is 440. The number of aryl methyl sites for hydroxylation is 1. The highest BCUT2D eigenvalue weighted by atomic mass is 32.1. The lowest BCUT2D eigenvalue weighted by Crippen LogP contribution is -2.21. The number of nitrogens with zero attached hydrogens (tertiary/aromatic N) is 3. The molecule has 1 unspecified atom stereocenters. The Kier molecular flexibility index (Phi) is 3.58. The summed E-state index contributed by atoms with van der Waals surface area (Å²) in [5.41, 5.74) is 1.07. The maximum atomic E-state index is 4.45. The van der Waals surface area contributed by atoms with Gasteiger partial charge in [0.25, 0.3) is 0 Å². The van der Waals surface area contributed by atoms with Crippen LogP contribution in [0.3, 0.4) is 0 Å². The molecule has 2 heterocycles. The van der Waals surface area contributed by atoms with E-state index in [4.69, 9.17) is 0 Å². The van der Waals surface area contributed by atoms with Crippen LogP contribution in [0.4, 0.5) is 0 Å². The molecule has 0 radical (unpaired) electrons. The minimum absolute atomic E-state index is 0.131. The molecule has 0 bridgehead atoms. The molecule has 84 valence electrons. The fourth-order valence-corrected chi connectivity index (χ4v) is 2.30. The molecule has 0 saturated carbocycles. The molecule has 0 aromatic carbocycles. The Hall–Kier alpha value is -1.33. The second kappa shape index (κ2) is 5.14. The monoisotopic (exact) mass is 234 g/mol. The zero-order valence-electron chi connectivity index (χ0n) is 9.34. The molecule has 0 saturated heterocycles. The van der Waals surface area contributed by atoms with Gasteiger partial charge in [-0.25, -0.2) is 15.0 Å². The van der Waals surface area contributed by atoms with Gasteiger partial charge in [-0.15, -0.1) is 11.3 Å². The molecule has 2 aromatic heterocycles. The Labute approximate surface area is 98.8 Å². The van der Waals surface area contributed by atoms with Crippen molar-refractivity contribution in [2.45, 2.75) is 19.4 Å². The maximum Gasteiger partial charge on any atom is 0.145 e. The number of likely N-dealkylation sites (N-methyl/N-ethyl adjacent to an activating group) is 1. The van der Waals surface area contributed by atoms with Gasteiger partial charge >= 0.3 is 0 Å². The van der Waals surface area contributed by atoms with Gasteiger partial charge in [-0.1, -0.05) is 0 Å². The second-order valence-corrected chi connectivity index (χ2v) is 4.48. The fourth-order valence-electron chi connectivity index (χ4n) is 1.48. The average Bonchev–Trinajstić information content (AvgIpc) is 2.73. The van der Waals surface area contributed by atoms with Crippen molar-refractivity contribution in [3.63, 3.8) is 0 Å². The summed E-state index contributed by atoms with van der Waals surface area (Å²) in [5.74, 6) is 0.817. The molecule has 0 spiro atoms. The predicted octanol–water partition coefficient (Wildman–Crippen LogP) is 1.74. The summed E-state index contributed by atoms with van der Waals surface area (Å²) in [7, 11) is 1.92. The number of nitrogens with one attached hydrogen (secondary N) is 1. The van der Waals surface area contributed by atoms with Gasteiger partial charge in [0.15, 0.2) is 0 Å². The van der Waals surface area contributed by atoms with Crippen molar-refractivity contribution < 1.29 is 0 Å². The van der Waals surface area contributed by atoms with E-state index in [1.165, 1.54) is 0 Å². The molecule has 1 atom stereocenters. The minimum Gasteiger partial charge on any atom is -0.310 e. The van der Waals surface area contributed by atoms with Crippen LogP contribution in [-0.2, 0) is 6.42 Å². The molecule has 5 heteroatoms. The lowest BCUT2D eigenvalue weighted by atomic mass is 10.2. The Morgan fingerprint density at radius 1 is 1.38 bits per heavy atom. The van der Waals surface area contributed by atoms with Gasteiger partial charge in [0, 0.05) is 29.9 Å². The molecule has 2 rings (SSSR count). The zero-order chi connectivity index (χ0) is 11.4. The van der Waals surface area contributed by atoms with Crippen molar-refractivity contribution >= 4 is 11.3 Å². The van der Waals surface area contributed by atoms with Crippen molar-refractivity contribution in [1.82, 2.24) is 20.3 Å². The predicted molar refractivity (Wildman–Crippen MR) is 64.4 cm³/mol. The van der Waals surface area contributed by atoms with E-state index in [1.54, 1.807) is 23.7 Å². The summed E-state index contributed by atoms with van der Waals surface area (Å²) in [4.78, 5) is 13.0. The lowest BCUT2D eigenvalue weighted by Gasteiger charge is -2.12. The smallest absolute Gasteiger partial charge is 0.145 e. The van der Waals surface area contributed by atoms with Crippen molar-refractivity contribution in [2.24, 2.45) is 0 Å². The van der Waals surface area contributed by atoms with E-state index in [9.17, 15) is 0 Å². The largest absolute Gasteiger partial charge is 0.310 e. The molecule has 16 heavy (non-hydrogen) atoms. The topological polar surface area (TPSA) is 50.7 Å². The van der Waals surface area contributed by atoms with Gasteiger partial charge in [-0.05, 0) is 20.0 Å². The SMILES string of the molecule is CNC(Cc1nc(C)cs1)c1ncccn1. The van der Waals surface area contributed by atoms with Crippen LogP contribution < -0.4 is 5.32 Å². The van der Waals surface area contributed by atoms with Gasteiger partial charge in [0.2, 0.25) is 0 Å². The Balaban J connectivity index is 2.12. The second-order valence-electron chi connectivity index (χ2n) is 3.54. The normalized spacial score (nSPS) is 12.6. The van der Waals surface area contributed by atoms with Crippen molar-refractivity contribution in [1.29, 1.82) is 0 Å². The molecule has 0 fully saturated rings. The van der Waals surface area contributed by atoms with Crippen molar-refractivity contribution in [3.05, 3.63) is 40.4 Å². The maximum absolute atomic E-state index is 4.45. The highest BCUT2D eigenvalue weighted by molar-refractivity contribution is 7.09. The summed E-state index contributed by atoms with van der Waals surface area (Å²) < 4.78 is 0. The van der Waals surface area contributed by atoms with Crippen LogP contribution in [0.25, 0.3) is 0 Å². The van der Waals surface area contributed by atoms with Crippen LogP contribution in [0, 0.1) is 6.92 Å². The quantitative estimate of drug-likeness (QED) is 0.875. The van der Waals surface area contributed by atoms with Gasteiger partial charge in [0.1, 0.15) is 5.82 Å². The standard InChI is InChI=1S/C11H14N4S/c1-8-7-16-10(15-8)6-9(12-2)11-13-4-3-5-14-11/h3-5,7,9,12H,6H2,1-2H3. The highest BCUT2D eigenvalue weighted by Crippen LogP contribution is 2.17. The minimum atomic E-state index is 0.131. The molecular weight excluding hydrogens is 220 g/mol. The van der Waals surface area contributed by atoms with Crippen LogP contribution in [0.5, 0.6) is 0 Å². The van der Waals surface area contributed by atoms with E-state index in [0.717, 1.165) is 22.9 Å². The first-order chi connectivity index (χ1) is 7.79. The molecule has 4 nitrogen and oxygen atoms in total. The third kappa shape index (κ3) is 2.62. The van der Waals surface area contributed by atoms with Crippen LogP contribution in [0.15, 0.2) is 23.8 Å². The van der Waals surface area contributed by atoms with E-state index in [1.807, 2.05) is 20.0 Å². The number of thiazole rings is 1. The van der Waals surface area contributed by atoms with E-state index in [2.05, 4.69) is 25.6 Å². The van der Waals surface area contributed by atoms with Crippen LogP contribution in [-0.4, -0.2) is 22.0 Å². The van der Waals surface area contributed by atoms with Crippen LogP contribution in [0.2, 0.25) is 0 Å². The number of hydrogen-bond donors (Lipinski definition) is 1. The molecular formula is C11H14N4S. The lowest BCUT2D eigenvalue weighted by molar-refractivity contribution is 0.555. The van der Waals surface area contributed by atoms with Crippen LogP contribution >= 0.6 is 11.3 Å². The molecule has 0 aliphatic heterocycles. The Morgan fingerprint density at radius 3 is 2.69 bits per heavy atom. The van der Waals surface area contributed by atoms with Crippen molar-refractivity contribution in [3.8, 4) is 0 Å². The summed E-state index contributed by atoms with van der Waals surface area (Å²) in [6.45, 7) is 2.01. The van der Waals surface area contributed by atoms with Gasteiger partial charge in [-0.3, -0.25) is 0 Å². The average molecular weight is 234 g/mol. The van der Waals surface area contributed by atoms with Crippen LogP contribution in [0.1, 0.15) is 22.6 Å². The summed E-state index contributed by atoms with van der Waals surface area (Å²) in [6.07, 6.45) is 4.36. The number of aromatic nitrogens is 3. The van der Waals surface area contributed by atoms with Gasteiger partial charge < -0.3 is 5.32 Å². The van der Waals surface area contributed by atoms with Gasteiger partial charge in [-0.2, -0.15) is 0 Å².